The van der Waals surface area contributed by atoms with Crippen molar-refractivity contribution in [3.05, 3.63) is 131 Å². The summed E-state index contributed by atoms with van der Waals surface area (Å²) in [5, 5.41) is 23.5. The number of hydrogen-bond acceptors (Lipinski definition) is 10. The summed E-state index contributed by atoms with van der Waals surface area (Å²) in [4.78, 5) is 44.0. The standard InChI is InChI=1S/C17H17NO5.C10H12BrNO2.C8H8O3.H3N/c19-16(20)14-6-8-15(9-7-14)22-11-10-18-17(21)23-12-13-4-2-1-3-5-13;11-6-7-12-10(13)14-8-9-4-2-1-3-5-9;1-11-8(10)6-2-4-7(9)5-3-6;/h1-9H,10-12H2,(H,18,21)(H,19,20);1-5H,6-8H2,(H,12,13);2-5,9H,1H3;1H3. The van der Waals surface area contributed by atoms with E-state index in [4.69, 9.17) is 24.4 Å². The zero-order valence-electron chi connectivity index (χ0n) is 26.9. The number of alkyl carbamates (subject to hydrolysis) is 2. The number of aromatic carboxylic acids is 1. The van der Waals surface area contributed by atoms with Crippen molar-refractivity contribution < 1.29 is 48.3 Å². The topological polar surface area (TPSA) is 205 Å². The number of esters is 1. The number of benzene rings is 4. The highest BCUT2D eigenvalue weighted by Gasteiger charge is 2.05. The third-order valence-corrected chi connectivity index (χ3v) is 6.22. The molecule has 13 nitrogen and oxygen atoms in total. The molecule has 0 atom stereocenters. The molecule has 0 radical (unpaired) electrons. The lowest BCUT2D eigenvalue weighted by Gasteiger charge is -2.09. The first-order chi connectivity index (χ1) is 23.2. The van der Waals surface area contributed by atoms with Crippen molar-refractivity contribution >= 4 is 40.1 Å². The van der Waals surface area contributed by atoms with E-state index in [2.05, 4.69) is 31.3 Å². The van der Waals surface area contributed by atoms with Gasteiger partial charge in [-0.2, -0.15) is 0 Å². The largest absolute Gasteiger partial charge is 0.508 e. The van der Waals surface area contributed by atoms with Gasteiger partial charge in [-0.1, -0.05) is 76.6 Å². The Kier molecular flexibility index (Phi) is 20.8. The van der Waals surface area contributed by atoms with E-state index in [-0.39, 0.29) is 43.3 Å². The van der Waals surface area contributed by atoms with Crippen LogP contribution in [-0.2, 0) is 27.4 Å². The molecule has 49 heavy (non-hydrogen) atoms. The van der Waals surface area contributed by atoms with Crippen LogP contribution in [0, 0.1) is 0 Å². The van der Waals surface area contributed by atoms with Gasteiger partial charge in [-0.15, -0.1) is 0 Å². The Bertz CT molecular complexity index is 1530. The predicted octanol–water partition coefficient (Wildman–Crippen LogP) is 6.34. The van der Waals surface area contributed by atoms with Gasteiger partial charge in [0, 0.05) is 11.9 Å². The summed E-state index contributed by atoms with van der Waals surface area (Å²) >= 11 is 3.20. The lowest BCUT2D eigenvalue weighted by atomic mass is 10.2. The molecule has 0 saturated carbocycles. The first kappa shape index (κ1) is 41.4. The number of alkyl halides is 1. The Hall–Kier alpha value is -5.60. The van der Waals surface area contributed by atoms with Crippen LogP contribution < -0.4 is 21.5 Å². The molecular formula is C35H40BrN3O10. The normalized spacial score (nSPS) is 9.43. The van der Waals surface area contributed by atoms with Crippen molar-refractivity contribution in [1.29, 1.82) is 0 Å². The molecule has 4 aromatic rings. The quantitative estimate of drug-likeness (QED) is 0.0469. The maximum atomic E-state index is 11.5. The van der Waals surface area contributed by atoms with Crippen molar-refractivity contribution in [2.24, 2.45) is 0 Å². The Balaban J connectivity index is 0.000000395. The number of methoxy groups -OCH3 is 1. The molecule has 0 spiro atoms. The van der Waals surface area contributed by atoms with E-state index in [1.54, 1.807) is 12.1 Å². The van der Waals surface area contributed by atoms with Crippen LogP contribution in [0.1, 0.15) is 31.8 Å². The number of aromatic hydroxyl groups is 1. The number of carbonyl (C=O) groups excluding carboxylic acids is 3. The van der Waals surface area contributed by atoms with Gasteiger partial charge in [-0.3, -0.25) is 0 Å². The molecule has 0 unspecified atom stereocenters. The zero-order chi connectivity index (χ0) is 35.0. The molecule has 0 heterocycles. The number of carbonyl (C=O) groups is 4. The maximum absolute atomic E-state index is 11.5. The van der Waals surface area contributed by atoms with Crippen LogP contribution in [0.3, 0.4) is 0 Å². The molecule has 4 rings (SSSR count). The predicted molar refractivity (Wildman–Crippen MR) is 186 cm³/mol. The lowest BCUT2D eigenvalue weighted by molar-refractivity contribution is 0.0599. The average Bonchev–Trinajstić information content (AvgIpc) is 3.12. The van der Waals surface area contributed by atoms with Crippen LogP contribution in [0.5, 0.6) is 11.5 Å². The summed E-state index contributed by atoms with van der Waals surface area (Å²) in [5.74, 6) is -0.712. The van der Waals surface area contributed by atoms with Gasteiger partial charge in [-0.05, 0) is 59.7 Å². The van der Waals surface area contributed by atoms with Gasteiger partial charge in [0.25, 0.3) is 0 Å². The SMILES string of the molecule is COC(=O)c1ccc(O)cc1.N.O=C(NCCBr)OCc1ccccc1.O=C(NCCOc1ccc(C(=O)O)cc1)OCc1ccccc1. The number of nitrogens with one attached hydrogen (secondary N) is 2. The second-order valence-electron chi connectivity index (χ2n) is 9.38. The van der Waals surface area contributed by atoms with Gasteiger partial charge in [0.2, 0.25) is 0 Å². The van der Waals surface area contributed by atoms with Crippen molar-refractivity contribution in [3.8, 4) is 11.5 Å². The minimum Gasteiger partial charge on any atom is -0.508 e. The molecule has 0 aliphatic rings. The summed E-state index contributed by atoms with van der Waals surface area (Å²) < 4.78 is 19.9. The molecule has 0 bridgehead atoms. The highest BCUT2D eigenvalue weighted by atomic mass is 79.9. The molecule has 262 valence electrons. The first-order valence-electron chi connectivity index (χ1n) is 14.5. The Morgan fingerprint density at radius 3 is 1.59 bits per heavy atom. The summed E-state index contributed by atoms with van der Waals surface area (Å²) in [6.07, 6.45) is -0.896. The van der Waals surface area contributed by atoms with Gasteiger partial charge in [-0.25, -0.2) is 19.2 Å². The van der Waals surface area contributed by atoms with E-state index >= 15 is 0 Å². The number of amides is 2. The molecule has 0 fully saturated rings. The second-order valence-corrected chi connectivity index (χ2v) is 10.2. The number of rotatable bonds is 12. The fourth-order valence-corrected chi connectivity index (χ4v) is 3.63. The molecular weight excluding hydrogens is 702 g/mol. The number of hydrogen-bond donors (Lipinski definition) is 5. The fraction of sp³-hybridized carbons (Fsp3) is 0.200. The maximum Gasteiger partial charge on any atom is 0.407 e. The monoisotopic (exact) mass is 741 g/mol. The molecule has 14 heteroatoms. The van der Waals surface area contributed by atoms with Crippen LogP contribution in [0.25, 0.3) is 0 Å². The number of halogens is 1. The number of carboxylic acids is 1. The van der Waals surface area contributed by atoms with Crippen molar-refractivity contribution in [3.63, 3.8) is 0 Å². The van der Waals surface area contributed by atoms with Crippen LogP contribution in [0.4, 0.5) is 9.59 Å². The van der Waals surface area contributed by atoms with Gasteiger partial charge < -0.3 is 45.9 Å². The summed E-state index contributed by atoms with van der Waals surface area (Å²) in [5.41, 5.74) is 2.53. The Labute approximate surface area is 292 Å². The lowest BCUT2D eigenvalue weighted by Crippen LogP contribution is -2.28. The molecule has 0 aromatic heterocycles. The summed E-state index contributed by atoms with van der Waals surface area (Å²) in [7, 11) is 1.31. The average molecular weight is 743 g/mol. The number of ether oxygens (including phenoxy) is 4. The third-order valence-electron chi connectivity index (χ3n) is 5.82. The molecule has 2 amide bonds. The van der Waals surface area contributed by atoms with Crippen LogP contribution in [-0.4, -0.2) is 66.5 Å². The van der Waals surface area contributed by atoms with Crippen molar-refractivity contribution in [1.82, 2.24) is 16.8 Å². The molecule has 0 aliphatic heterocycles. The number of phenols is 1. The Morgan fingerprint density at radius 2 is 1.14 bits per heavy atom. The Morgan fingerprint density at radius 1 is 0.673 bits per heavy atom. The molecule has 0 saturated heterocycles. The highest BCUT2D eigenvalue weighted by molar-refractivity contribution is 9.09. The first-order valence-corrected chi connectivity index (χ1v) is 15.6. The smallest absolute Gasteiger partial charge is 0.407 e. The van der Waals surface area contributed by atoms with Crippen LogP contribution >= 0.6 is 15.9 Å². The zero-order valence-corrected chi connectivity index (χ0v) is 28.5. The van der Waals surface area contributed by atoms with E-state index in [1.807, 2.05) is 60.7 Å². The van der Waals surface area contributed by atoms with Gasteiger partial charge in [0.15, 0.2) is 0 Å². The minimum atomic E-state index is -0.987. The summed E-state index contributed by atoms with van der Waals surface area (Å²) in [6.45, 7) is 1.65. The van der Waals surface area contributed by atoms with E-state index in [1.165, 1.54) is 43.5 Å². The van der Waals surface area contributed by atoms with Gasteiger partial charge in [0.1, 0.15) is 31.3 Å². The summed E-state index contributed by atoms with van der Waals surface area (Å²) in [6, 6.07) is 30.9. The van der Waals surface area contributed by atoms with Crippen LogP contribution in [0.15, 0.2) is 109 Å². The second kappa shape index (κ2) is 24.6. The highest BCUT2D eigenvalue weighted by Crippen LogP contribution is 2.12. The number of phenolic OH excluding ortho intramolecular Hbond substituents is 1. The third kappa shape index (κ3) is 18.4. The van der Waals surface area contributed by atoms with Crippen LogP contribution in [0.2, 0.25) is 0 Å². The van der Waals surface area contributed by atoms with E-state index in [0.717, 1.165) is 16.5 Å². The van der Waals surface area contributed by atoms with E-state index in [9.17, 15) is 19.2 Å². The van der Waals surface area contributed by atoms with Crippen molar-refractivity contribution in [2.45, 2.75) is 13.2 Å². The van der Waals surface area contributed by atoms with Gasteiger partial charge in [0.05, 0.1) is 24.8 Å². The minimum absolute atomic E-state index is 0. The molecule has 0 aliphatic carbocycles. The molecule has 4 aromatic carbocycles. The van der Waals surface area contributed by atoms with Crippen molar-refractivity contribution in [2.75, 3.05) is 32.1 Å². The van der Waals surface area contributed by atoms with E-state index < -0.39 is 18.0 Å². The number of carboxylic acid groups (broad SMARTS) is 1. The van der Waals surface area contributed by atoms with Gasteiger partial charge >= 0.3 is 24.1 Å². The fourth-order valence-electron chi connectivity index (χ4n) is 3.43. The molecule has 7 N–H and O–H groups in total. The van der Waals surface area contributed by atoms with E-state index in [0.29, 0.717) is 24.5 Å².